The number of anilines is 1. The van der Waals surface area contributed by atoms with Gasteiger partial charge in [-0.25, -0.2) is 4.79 Å². The number of carbonyl (C=O) groups is 3. The quantitative estimate of drug-likeness (QED) is 0.267. The number of esters is 1. The zero-order chi connectivity index (χ0) is 23.8. The average molecular weight is 471 g/mol. The van der Waals surface area contributed by atoms with Gasteiger partial charge in [0, 0.05) is 42.1 Å². The van der Waals surface area contributed by atoms with Crippen molar-refractivity contribution in [2.24, 2.45) is 5.73 Å². The second kappa shape index (κ2) is 11.7. The largest absolute Gasteiger partial charge is 0.467 e. The Hall–Kier alpha value is -3.04. The molecule has 2 aromatic rings. The Kier molecular flexibility index (Phi) is 8.73. The van der Waals surface area contributed by atoms with E-state index in [2.05, 4.69) is 28.6 Å². The van der Waals surface area contributed by atoms with Gasteiger partial charge in [-0.05, 0) is 36.1 Å². The molecule has 2 aromatic carbocycles. The number of amides is 2. The van der Waals surface area contributed by atoms with Crippen molar-refractivity contribution in [1.82, 2.24) is 10.6 Å². The second-order valence-corrected chi connectivity index (χ2v) is 8.79. The Balaban J connectivity index is 1.84. The highest BCUT2D eigenvalue weighted by atomic mass is 32.1. The molecule has 3 unspecified atom stereocenters. The summed E-state index contributed by atoms with van der Waals surface area (Å²) >= 11 is 4.51. The van der Waals surface area contributed by atoms with E-state index in [4.69, 9.17) is 10.5 Å². The molecule has 33 heavy (non-hydrogen) atoms. The zero-order valence-electron chi connectivity index (χ0n) is 18.5. The van der Waals surface area contributed by atoms with Crippen LogP contribution in [0.4, 0.5) is 5.69 Å². The molecule has 1 fully saturated rings. The molecule has 0 aromatic heterocycles. The number of benzene rings is 2. The summed E-state index contributed by atoms with van der Waals surface area (Å²) in [6, 6.07) is 14.4. The van der Waals surface area contributed by atoms with Crippen molar-refractivity contribution >= 4 is 36.1 Å². The zero-order valence-corrected chi connectivity index (χ0v) is 19.4. The minimum absolute atomic E-state index is 0.0479. The third-order valence-corrected chi connectivity index (χ3v) is 5.96. The summed E-state index contributed by atoms with van der Waals surface area (Å²) in [7, 11) is 1.23. The van der Waals surface area contributed by atoms with Gasteiger partial charge in [-0.3, -0.25) is 9.59 Å². The number of methoxy groups -OCH3 is 1. The number of carbonyl (C=O) groups excluding carboxylic acids is 3. The number of hydrogen-bond donors (Lipinski definition) is 5. The van der Waals surface area contributed by atoms with E-state index in [9.17, 15) is 14.4 Å². The predicted octanol–water partition coefficient (Wildman–Crippen LogP) is 1.96. The van der Waals surface area contributed by atoms with E-state index in [0.29, 0.717) is 23.4 Å². The summed E-state index contributed by atoms with van der Waals surface area (Å²) in [4.78, 5) is 36.7. The van der Waals surface area contributed by atoms with Crippen LogP contribution in [0.15, 0.2) is 48.5 Å². The van der Waals surface area contributed by atoms with Gasteiger partial charge in [0.25, 0.3) is 5.91 Å². The van der Waals surface area contributed by atoms with Gasteiger partial charge >= 0.3 is 5.97 Å². The molecule has 8 nitrogen and oxygen atoms in total. The van der Waals surface area contributed by atoms with Crippen LogP contribution in [0.25, 0.3) is 11.1 Å². The summed E-state index contributed by atoms with van der Waals surface area (Å²) in [6.45, 7) is 1.57. The van der Waals surface area contributed by atoms with E-state index >= 15 is 0 Å². The van der Waals surface area contributed by atoms with Crippen LogP contribution in [0.3, 0.4) is 0 Å². The maximum Gasteiger partial charge on any atom is 0.328 e. The average Bonchev–Trinajstić information content (AvgIpc) is 3.25. The van der Waals surface area contributed by atoms with E-state index in [0.717, 1.165) is 29.8 Å². The van der Waals surface area contributed by atoms with Gasteiger partial charge < -0.3 is 26.4 Å². The number of thiol groups is 1. The second-order valence-electron chi connectivity index (χ2n) is 8.06. The molecule has 9 heteroatoms. The lowest BCUT2D eigenvalue weighted by Gasteiger charge is -2.19. The van der Waals surface area contributed by atoms with Crippen LogP contribution in [-0.4, -0.2) is 55.3 Å². The highest BCUT2D eigenvalue weighted by Gasteiger charge is 2.25. The smallest absolute Gasteiger partial charge is 0.328 e. The van der Waals surface area contributed by atoms with E-state index < -0.39 is 23.8 Å². The van der Waals surface area contributed by atoms with Gasteiger partial charge in [-0.15, -0.1) is 0 Å². The fourth-order valence-corrected chi connectivity index (χ4v) is 4.18. The first-order valence-electron chi connectivity index (χ1n) is 10.9. The topological polar surface area (TPSA) is 123 Å². The van der Waals surface area contributed by atoms with Gasteiger partial charge in [0.2, 0.25) is 5.91 Å². The molecule has 3 rings (SSSR count). The van der Waals surface area contributed by atoms with Gasteiger partial charge in [0.05, 0.1) is 7.11 Å². The Morgan fingerprint density at radius 1 is 1.21 bits per heavy atom. The fourth-order valence-electron chi connectivity index (χ4n) is 3.82. The third kappa shape index (κ3) is 6.97. The van der Waals surface area contributed by atoms with Crippen LogP contribution in [-0.2, 0) is 14.3 Å². The minimum atomic E-state index is -0.981. The molecule has 1 saturated heterocycles. The van der Waals surface area contributed by atoms with Crippen LogP contribution in [0.1, 0.15) is 29.6 Å². The van der Waals surface area contributed by atoms with Crippen molar-refractivity contribution in [2.45, 2.75) is 36.6 Å². The molecule has 2 amide bonds. The summed E-state index contributed by atoms with van der Waals surface area (Å²) < 4.78 is 4.79. The molecule has 0 bridgehead atoms. The van der Waals surface area contributed by atoms with Crippen molar-refractivity contribution in [3.05, 3.63) is 54.1 Å². The molecule has 1 aliphatic rings. The SMILES string of the molecule is COC(=O)C(CCC(N)=O)NC(=O)c1cc(NCC2CC(S)CN2)ccc1-c1ccccc1. The molecule has 0 spiro atoms. The van der Waals surface area contributed by atoms with Crippen molar-refractivity contribution in [2.75, 3.05) is 25.5 Å². The first-order chi connectivity index (χ1) is 15.9. The lowest BCUT2D eigenvalue weighted by molar-refractivity contribution is -0.143. The van der Waals surface area contributed by atoms with Crippen LogP contribution in [0.5, 0.6) is 0 Å². The number of rotatable bonds is 10. The van der Waals surface area contributed by atoms with Gasteiger partial charge in [-0.2, -0.15) is 12.6 Å². The monoisotopic (exact) mass is 470 g/mol. The number of hydrogen-bond acceptors (Lipinski definition) is 7. The molecular formula is C24H30N4O4S. The lowest BCUT2D eigenvalue weighted by atomic mass is 9.98. The molecular weight excluding hydrogens is 440 g/mol. The predicted molar refractivity (Wildman–Crippen MR) is 131 cm³/mol. The molecule has 176 valence electrons. The van der Waals surface area contributed by atoms with E-state index in [1.807, 2.05) is 42.5 Å². The number of primary amides is 1. The van der Waals surface area contributed by atoms with E-state index in [1.54, 1.807) is 6.07 Å². The summed E-state index contributed by atoms with van der Waals surface area (Å²) in [5.74, 6) is -1.63. The van der Waals surface area contributed by atoms with Gasteiger partial charge in [-0.1, -0.05) is 36.4 Å². The van der Waals surface area contributed by atoms with E-state index in [-0.39, 0.29) is 12.8 Å². The first-order valence-corrected chi connectivity index (χ1v) is 11.4. The molecule has 5 N–H and O–H groups in total. The van der Waals surface area contributed by atoms with Gasteiger partial charge in [0.15, 0.2) is 0 Å². The number of ether oxygens (including phenoxy) is 1. The molecule has 3 atom stereocenters. The van der Waals surface area contributed by atoms with Crippen LogP contribution in [0, 0.1) is 0 Å². The van der Waals surface area contributed by atoms with Crippen LogP contribution in [0.2, 0.25) is 0 Å². The summed E-state index contributed by atoms with van der Waals surface area (Å²) in [5.41, 5.74) is 8.01. The van der Waals surface area contributed by atoms with Gasteiger partial charge in [0.1, 0.15) is 6.04 Å². The third-order valence-electron chi connectivity index (χ3n) is 5.57. The highest BCUT2D eigenvalue weighted by Crippen LogP contribution is 2.27. The lowest BCUT2D eigenvalue weighted by Crippen LogP contribution is -2.42. The Morgan fingerprint density at radius 2 is 1.97 bits per heavy atom. The standard InChI is InChI=1S/C24H30N4O4S/c1-32-24(31)21(9-10-22(25)29)28-23(30)20-12-16(26-13-17-11-18(33)14-27-17)7-8-19(20)15-5-3-2-4-6-15/h2-8,12,17-18,21,26-27,33H,9-11,13-14H2,1H3,(H2,25,29)(H,28,30). The number of nitrogens with two attached hydrogens (primary N) is 1. The summed E-state index contributed by atoms with van der Waals surface area (Å²) in [6.07, 6.45) is 0.977. The van der Waals surface area contributed by atoms with Crippen molar-refractivity contribution in [3.8, 4) is 11.1 Å². The molecule has 0 radical (unpaired) electrons. The maximum absolute atomic E-state index is 13.3. The molecule has 0 aliphatic carbocycles. The Bertz CT molecular complexity index is 986. The van der Waals surface area contributed by atoms with Crippen LogP contribution < -0.4 is 21.7 Å². The first kappa shape index (κ1) is 24.6. The highest BCUT2D eigenvalue weighted by molar-refractivity contribution is 7.81. The number of nitrogens with one attached hydrogen (secondary N) is 3. The maximum atomic E-state index is 13.3. The molecule has 1 heterocycles. The van der Waals surface area contributed by atoms with Crippen molar-refractivity contribution in [3.63, 3.8) is 0 Å². The van der Waals surface area contributed by atoms with Crippen LogP contribution >= 0.6 is 12.6 Å². The van der Waals surface area contributed by atoms with Crippen molar-refractivity contribution < 1.29 is 19.1 Å². The Labute approximate surface area is 199 Å². The summed E-state index contributed by atoms with van der Waals surface area (Å²) in [5, 5.41) is 9.84. The molecule has 0 saturated carbocycles. The minimum Gasteiger partial charge on any atom is -0.467 e. The normalized spacial score (nSPS) is 18.4. The Morgan fingerprint density at radius 3 is 2.61 bits per heavy atom. The van der Waals surface area contributed by atoms with Crippen molar-refractivity contribution in [1.29, 1.82) is 0 Å². The molecule has 1 aliphatic heterocycles. The fraction of sp³-hybridized carbons (Fsp3) is 0.375. The van der Waals surface area contributed by atoms with E-state index in [1.165, 1.54) is 7.11 Å².